The molecule has 0 aliphatic heterocycles. The number of rotatable bonds is 4. The van der Waals surface area contributed by atoms with Gasteiger partial charge in [-0.05, 0) is 28.0 Å². The molecule has 7 heteroatoms. The first-order valence-electron chi connectivity index (χ1n) is 5.83. The van der Waals surface area contributed by atoms with E-state index in [0.29, 0.717) is 12.2 Å². The Morgan fingerprint density at radius 1 is 1.39 bits per heavy atom. The van der Waals surface area contributed by atoms with Gasteiger partial charge < -0.3 is 10.1 Å². The van der Waals surface area contributed by atoms with Crippen molar-refractivity contribution in [1.29, 1.82) is 0 Å². The highest BCUT2D eigenvalue weighted by Crippen LogP contribution is 2.21. The van der Waals surface area contributed by atoms with E-state index in [1.165, 1.54) is 4.63 Å². The molecule has 0 amide bonds. The van der Waals surface area contributed by atoms with Gasteiger partial charge in [-0.25, -0.2) is 0 Å². The summed E-state index contributed by atoms with van der Waals surface area (Å²) >= 11 is 0. The van der Waals surface area contributed by atoms with Crippen LogP contribution in [0.3, 0.4) is 0 Å². The lowest BCUT2D eigenvalue weighted by Crippen LogP contribution is -2.35. The molecule has 2 aromatic rings. The molecule has 1 atom stereocenters. The van der Waals surface area contributed by atoms with Crippen LogP contribution in [-0.4, -0.2) is 45.0 Å². The first-order valence-corrected chi connectivity index (χ1v) is 5.83. The van der Waals surface area contributed by atoms with Crippen LogP contribution in [-0.2, 0) is 4.74 Å². The van der Waals surface area contributed by atoms with Gasteiger partial charge in [-0.3, -0.25) is 0 Å². The summed E-state index contributed by atoms with van der Waals surface area (Å²) in [6, 6.07) is 3.66. The number of ether oxygens (including phenoxy) is 1. The third-order valence-corrected chi connectivity index (χ3v) is 2.79. The Morgan fingerprint density at radius 3 is 2.83 bits per heavy atom. The maximum atomic E-state index is 5.47. The zero-order valence-electron chi connectivity index (χ0n) is 11.1. The van der Waals surface area contributed by atoms with Crippen LogP contribution >= 0.6 is 0 Å². The number of fused-ring (bicyclic) bond motifs is 1. The molecule has 2 heterocycles. The van der Waals surface area contributed by atoms with Gasteiger partial charge in [-0.1, -0.05) is 20.8 Å². The van der Waals surface area contributed by atoms with Gasteiger partial charge in [0, 0.05) is 13.7 Å². The Morgan fingerprint density at radius 2 is 2.17 bits per heavy atom. The van der Waals surface area contributed by atoms with E-state index in [1.54, 1.807) is 7.11 Å². The number of aromatic nitrogens is 5. The first kappa shape index (κ1) is 12.7. The fourth-order valence-corrected chi connectivity index (χ4v) is 1.68. The Kier molecular flexibility index (Phi) is 3.42. The molecule has 18 heavy (non-hydrogen) atoms. The van der Waals surface area contributed by atoms with Crippen molar-refractivity contribution in [3.05, 3.63) is 12.1 Å². The molecule has 0 bridgehead atoms. The molecule has 2 aromatic heterocycles. The van der Waals surface area contributed by atoms with Crippen molar-refractivity contribution in [3.8, 4) is 0 Å². The monoisotopic (exact) mass is 250 g/mol. The number of hydrogen-bond acceptors (Lipinski definition) is 6. The zero-order chi connectivity index (χ0) is 13.2. The molecule has 0 radical (unpaired) electrons. The van der Waals surface area contributed by atoms with E-state index in [9.17, 15) is 0 Å². The minimum atomic E-state index is 0.0701. The van der Waals surface area contributed by atoms with Crippen LogP contribution in [0.4, 0.5) is 5.82 Å². The van der Waals surface area contributed by atoms with Gasteiger partial charge in [0.15, 0.2) is 5.65 Å². The third-order valence-electron chi connectivity index (χ3n) is 2.79. The highest BCUT2D eigenvalue weighted by molar-refractivity contribution is 5.42. The molecule has 7 nitrogen and oxygen atoms in total. The predicted octanol–water partition coefficient (Wildman–Crippen LogP) is 0.992. The molecule has 0 aliphatic carbocycles. The smallest absolute Gasteiger partial charge is 0.200 e. The number of hydrogen-bond donors (Lipinski definition) is 1. The molecule has 98 valence electrons. The first-order chi connectivity index (χ1) is 8.50. The van der Waals surface area contributed by atoms with E-state index in [0.717, 1.165) is 5.82 Å². The van der Waals surface area contributed by atoms with E-state index in [2.05, 4.69) is 46.7 Å². The van der Waals surface area contributed by atoms with Crippen molar-refractivity contribution in [2.45, 2.75) is 26.9 Å². The predicted molar refractivity (Wildman–Crippen MR) is 67.3 cm³/mol. The second-order valence-corrected chi connectivity index (χ2v) is 5.22. The molecule has 0 aliphatic rings. The van der Waals surface area contributed by atoms with E-state index in [-0.39, 0.29) is 11.5 Å². The number of tetrazole rings is 1. The second kappa shape index (κ2) is 4.85. The van der Waals surface area contributed by atoms with Crippen molar-refractivity contribution in [1.82, 2.24) is 25.3 Å². The molecule has 0 fully saturated rings. The highest BCUT2D eigenvalue weighted by Gasteiger charge is 2.24. The Hall–Kier alpha value is -1.76. The lowest BCUT2D eigenvalue weighted by Gasteiger charge is -2.29. The summed E-state index contributed by atoms with van der Waals surface area (Å²) in [6.07, 6.45) is 0.101. The average Bonchev–Trinajstić information content (AvgIpc) is 2.75. The van der Waals surface area contributed by atoms with Crippen LogP contribution in [0.25, 0.3) is 5.65 Å². The molecular weight excluding hydrogens is 232 g/mol. The molecule has 0 aromatic carbocycles. The molecule has 1 unspecified atom stereocenters. The standard InChI is InChI=1S/C11H18N6O/c1-11(2,3)8(18-4)7-12-9-5-6-10-13-15-16-17(10)14-9/h5-6,8H,7H2,1-4H3,(H,12,14). The minimum absolute atomic E-state index is 0.0701. The van der Waals surface area contributed by atoms with Crippen LogP contribution in [0.2, 0.25) is 0 Å². The van der Waals surface area contributed by atoms with Gasteiger partial charge in [-0.15, -0.1) is 14.8 Å². The summed E-state index contributed by atoms with van der Waals surface area (Å²) < 4.78 is 6.86. The summed E-state index contributed by atoms with van der Waals surface area (Å²) in [5.41, 5.74) is 0.695. The number of nitrogens with one attached hydrogen (secondary N) is 1. The molecule has 2 rings (SSSR count). The molecular formula is C11H18N6O. The maximum Gasteiger partial charge on any atom is 0.200 e. The Balaban J connectivity index is 2.05. The topological polar surface area (TPSA) is 77.2 Å². The summed E-state index contributed by atoms with van der Waals surface area (Å²) in [7, 11) is 1.72. The van der Waals surface area contributed by atoms with E-state index in [4.69, 9.17) is 4.74 Å². The fraction of sp³-hybridized carbons (Fsp3) is 0.636. The van der Waals surface area contributed by atoms with Gasteiger partial charge in [-0.2, -0.15) is 0 Å². The highest BCUT2D eigenvalue weighted by atomic mass is 16.5. The summed E-state index contributed by atoms with van der Waals surface area (Å²) in [6.45, 7) is 7.10. The summed E-state index contributed by atoms with van der Waals surface area (Å²) in [5, 5.41) is 18.6. The van der Waals surface area contributed by atoms with Crippen LogP contribution in [0, 0.1) is 5.41 Å². The zero-order valence-corrected chi connectivity index (χ0v) is 11.1. The summed E-state index contributed by atoms with van der Waals surface area (Å²) in [4.78, 5) is 0. The number of anilines is 1. The molecule has 1 N–H and O–H groups in total. The van der Waals surface area contributed by atoms with Crippen LogP contribution in [0.1, 0.15) is 20.8 Å². The van der Waals surface area contributed by atoms with Crippen LogP contribution in [0.5, 0.6) is 0 Å². The normalized spacial score (nSPS) is 13.8. The molecule has 0 saturated carbocycles. The Labute approximate surface area is 106 Å². The molecule has 0 saturated heterocycles. The number of nitrogens with zero attached hydrogens (tertiary/aromatic N) is 5. The quantitative estimate of drug-likeness (QED) is 0.872. The van der Waals surface area contributed by atoms with Crippen LogP contribution in [0.15, 0.2) is 12.1 Å². The third kappa shape index (κ3) is 2.73. The average molecular weight is 250 g/mol. The van der Waals surface area contributed by atoms with Crippen molar-refractivity contribution in [2.24, 2.45) is 5.41 Å². The SMILES string of the molecule is COC(CNc1ccc2nnnn2n1)C(C)(C)C. The Bertz CT molecular complexity index is 517. The van der Waals surface area contributed by atoms with Gasteiger partial charge in [0.2, 0.25) is 0 Å². The van der Waals surface area contributed by atoms with Crippen molar-refractivity contribution < 1.29 is 4.74 Å². The molecule has 0 spiro atoms. The van der Waals surface area contributed by atoms with E-state index < -0.39 is 0 Å². The van der Waals surface area contributed by atoms with E-state index >= 15 is 0 Å². The lowest BCUT2D eigenvalue weighted by atomic mass is 9.89. The van der Waals surface area contributed by atoms with Crippen molar-refractivity contribution in [3.63, 3.8) is 0 Å². The maximum absolute atomic E-state index is 5.47. The lowest BCUT2D eigenvalue weighted by molar-refractivity contribution is 0.0268. The van der Waals surface area contributed by atoms with Gasteiger partial charge in [0.1, 0.15) is 5.82 Å². The fourth-order valence-electron chi connectivity index (χ4n) is 1.68. The second-order valence-electron chi connectivity index (χ2n) is 5.22. The van der Waals surface area contributed by atoms with Crippen molar-refractivity contribution >= 4 is 11.5 Å². The largest absolute Gasteiger partial charge is 0.379 e. The minimum Gasteiger partial charge on any atom is -0.379 e. The van der Waals surface area contributed by atoms with E-state index in [1.807, 2.05) is 12.1 Å². The summed E-state index contributed by atoms with van der Waals surface area (Å²) in [5.74, 6) is 0.723. The van der Waals surface area contributed by atoms with Gasteiger partial charge in [0.05, 0.1) is 6.10 Å². The van der Waals surface area contributed by atoms with Gasteiger partial charge in [0.25, 0.3) is 0 Å². The number of methoxy groups -OCH3 is 1. The van der Waals surface area contributed by atoms with Crippen molar-refractivity contribution in [2.75, 3.05) is 19.0 Å². The van der Waals surface area contributed by atoms with Gasteiger partial charge >= 0.3 is 0 Å². The van der Waals surface area contributed by atoms with Crippen LogP contribution < -0.4 is 5.32 Å².